The number of unbranched alkanes of at least 4 members (excludes halogenated alkanes) is 5. The zero-order chi connectivity index (χ0) is 30.4. The van der Waals surface area contributed by atoms with Crippen LogP contribution >= 0.6 is 0 Å². The number of hydrogen-bond donors (Lipinski definition) is 2. The van der Waals surface area contributed by atoms with E-state index in [1.165, 1.54) is 29.8 Å². The van der Waals surface area contributed by atoms with Gasteiger partial charge in [-0.3, -0.25) is 0 Å². The van der Waals surface area contributed by atoms with Crippen molar-refractivity contribution in [3.05, 3.63) is 101 Å². The van der Waals surface area contributed by atoms with Crippen LogP contribution in [0, 0.1) is 0 Å². The number of aromatic carboxylic acids is 1. The fourth-order valence-corrected chi connectivity index (χ4v) is 6.05. The number of carboxylic acid groups (broad SMARTS) is 2. The molecular weight excluding hydrogens is 556 g/mol. The van der Waals surface area contributed by atoms with Crippen molar-refractivity contribution in [3.63, 3.8) is 0 Å². The Balaban J connectivity index is 1.47. The third-order valence-electron chi connectivity index (χ3n) is 6.70. The second-order valence-electron chi connectivity index (χ2n) is 10.1. The van der Waals surface area contributed by atoms with Gasteiger partial charge in [0.25, 0.3) is 0 Å². The molecule has 0 bridgehead atoms. The van der Waals surface area contributed by atoms with Gasteiger partial charge in [0.15, 0.2) is 9.84 Å². The van der Waals surface area contributed by atoms with Gasteiger partial charge in [-0.15, -0.1) is 0 Å². The van der Waals surface area contributed by atoms with Gasteiger partial charge in [0, 0.05) is 11.6 Å². The Kier molecular flexibility index (Phi) is 12.6. The van der Waals surface area contributed by atoms with Crippen LogP contribution in [0.1, 0.15) is 71.1 Å². The Labute approximate surface area is 247 Å². The fourth-order valence-electron chi connectivity index (χ4n) is 4.58. The molecule has 42 heavy (non-hydrogen) atoms. The lowest BCUT2D eigenvalue weighted by Crippen LogP contribution is -2.09. The van der Waals surface area contributed by atoms with Crippen molar-refractivity contribution in [2.75, 3.05) is 13.7 Å². The van der Waals surface area contributed by atoms with Crippen molar-refractivity contribution >= 4 is 27.9 Å². The molecule has 0 saturated heterocycles. The third kappa shape index (κ3) is 11.4. The van der Waals surface area contributed by atoms with E-state index in [2.05, 4.69) is 12.1 Å². The molecule has 0 fully saturated rings. The van der Waals surface area contributed by atoms with Crippen molar-refractivity contribution in [1.29, 1.82) is 0 Å². The number of ether oxygens (including phenoxy) is 2. The zero-order valence-corrected chi connectivity index (χ0v) is 24.6. The Hall–Kier alpha value is -4.11. The third-order valence-corrected chi connectivity index (χ3v) is 8.25. The molecular formula is C33H38O8S. The Bertz CT molecular complexity index is 1460. The molecule has 8 nitrogen and oxygen atoms in total. The largest absolute Gasteiger partial charge is 0.497 e. The molecule has 0 radical (unpaired) electrons. The highest BCUT2D eigenvalue weighted by molar-refractivity contribution is 7.89. The molecule has 3 rings (SSSR count). The second kappa shape index (κ2) is 16.4. The highest BCUT2D eigenvalue weighted by Gasteiger charge is 2.16. The molecule has 0 saturated carbocycles. The summed E-state index contributed by atoms with van der Waals surface area (Å²) in [5, 5.41) is 18.3. The van der Waals surface area contributed by atoms with Gasteiger partial charge < -0.3 is 19.7 Å². The predicted molar refractivity (Wildman–Crippen MR) is 163 cm³/mol. The van der Waals surface area contributed by atoms with Crippen molar-refractivity contribution < 1.29 is 37.7 Å². The van der Waals surface area contributed by atoms with E-state index in [1.807, 2.05) is 12.1 Å². The topological polar surface area (TPSA) is 127 Å². The summed E-state index contributed by atoms with van der Waals surface area (Å²) in [5.41, 5.74) is 2.69. The van der Waals surface area contributed by atoms with Gasteiger partial charge in [-0.2, -0.15) is 0 Å². The van der Waals surface area contributed by atoms with Crippen LogP contribution in [-0.4, -0.2) is 44.3 Å². The molecule has 224 valence electrons. The van der Waals surface area contributed by atoms with Crippen LogP contribution in [0.2, 0.25) is 0 Å². The maximum absolute atomic E-state index is 12.9. The Morgan fingerprint density at radius 3 is 2.10 bits per heavy atom. The molecule has 0 atom stereocenters. The molecule has 9 heteroatoms. The van der Waals surface area contributed by atoms with Crippen LogP contribution in [0.4, 0.5) is 0 Å². The SMILES string of the molecule is COc1ccc(CCCCCCCCOc2ccc(CS(=O)(=O)Cc3cccc(C(=O)O)c3)cc2/C=C/C(=O)O)cc1. The summed E-state index contributed by atoms with van der Waals surface area (Å²) in [6.45, 7) is 0.470. The lowest BCUT2D eigenvalue weighted by Gasteiger charge is -2.12. The normalized spacial score (nSPS) is 11.5. The quantitative estimate of drug-likeness (QED) is 0.125. The van der Waals surface area contributed by atoms with E-state index in [4.69, 9.17) is 19.7 Å². The molecule has 0 heterocycles. The minimum atomic E-state index is -3.62. The Morgan fingerprint density at radius 1 is 0.786 bits per heavy atom. The van der Waals surface area contributed by atoms with Crippen LogP contribution in [0.3, 0.4) is 0 Å². The maximum atomic E-state index is 12.9. The van der Waals surface area contributed by atoms with Gasteiger partial charge in [0.05, 0.1) is 30.8 Å². The van der Waals surface area contributed by atoms with Crippen LogP contribution < -0.4 is 9.47 Å². The average molecular weight is 595 g/mol. The van der Waals surface area contributed by atoms with Gasteiger partial charge in [0.1, 0.15) is 11.5 Å². The lowest BCUT2D eigenvalue weighted by atomic mass is 10.0. The zero-order valence-electron chi connectivity index (χ0n) is 23.8. The summed E-state index contributed by atoms with van der Waals surface area (Å²) in [6.07, 6.45) is 9.85. The van der Waals surface area contributed by atoms with Gasteiger partial charge in [-0.1, -0.05) is 56.0 Å². The number of hydrogen-bond acceptors (Lipinski definition) is 6. The molecule has 0 spiro atoms. The number of carbonyl (C=O) groups is 2. The van der Waals surface area contributed by atoms with Gasteiger partial charge in [0.2, 0.25) is 0 Å². The molecule has 0 aliphatic rings. The monoisotopic (exact) mass is 594 g/mol. The van der Waals surface area contributed by atoms with E-state index in [1.54, 1.807) is 31.4 Å². The van der Waals surface area contributed by atoms with Gasteiger partial charge in [-0.05, 0) is 78.4 Å². The standard InChI is InChI=1S/C33H38O8S/c1-40-30-16-12-25(13-17-30)9-6-4-2-3-5-7-20-41-31-18-14-27(21-28(31)15-19-32(34)35)24-42(38,39)23-26-10-8-11-29(22-26)33(36)37/h8,10-19,21-22H,2-7,9,20,23-24H2,1H3,(H,34,35)(H,36,37)/b19-15+. The van der Waals surface area contributed by atoms with Crippen LogP contribution in [-0.2, 0) is 32.6 Å². The second-order valence-corrected chi connectivity index (χ2v) is 12.2. The summed E-state index contributed by atoms with van der Waals surface area (Å²) < 4.78 is 36.8. The van der Waals surface area contributed by atoms with Crippen molar-refractivity contribution in [2.24, 2.45) is 0 Å². The first-order valence-electron chi connectivity index (χ1n) is 14.0. The van der Waals surface area contributed by atoms with Gasteiger partial charge in [-0.25, -0.2) is 18.0 Å². The summed E-state index contributed by atoms with van der Waals surface area (Å²) in [5.74, 6) is -1.48. The molecule has 2 N–H and O–H groups in total. The number of sulfone groups is 1. The number of methoxy groups -OCH3 is 1. The minimum Gasteiger partial charge on any atom is -0.497 e. The molecule has 3 aromatic carbocycles. The highest BCUT2D eigenvalue weighted by atomic mass is 32.2. The van der Waals surface area contributed by atoms with Crippen molar-refractivity contribution in [2.45, 2.75) is 56.5 Å². The van der Waals surface area contributed by atoms with E-state index >= 15 is 0 Å². The molecule has 3 aromatic rings. The number of aliphatic carboxylic acids is 1. The summed E-state index contributed by atoms with van der Waals surface area (Å²) in [4.78, 5) is 22.3. The van der Waals surface area contributed by atoms with E-state index < -0.39 is 21.8 Å². The highest BCUT2D eigenvalue weighted by Crippen LogP contribution is 2.25. The predicted octanol–water partition coefficient (Wildman–Crippen LogP) is 6.57. The van der Waals surface area contributed by atoms with Crippen molar-refractivity contribution in [3.8, 4) is 11.5 Å². The first-order chi connectivity index (χ1) is 20.1. The molecule has 0 aromatic heterocycles. The smallest absolute Gasteiger partial charge is 0.335 e. The van der Waals surface area contributed by atoms with E-state index in [0.29, 0.717) is 29.0 Å². The summed E-state index contributed by atoms with van der Waals surface area (Å²) >= 11 is 0. The first-order valence-corrected chi connectivity index (χ1v) is 15.8. The average Bonchev–Trinajstić information content (AvgIpc) is 2.95. The molecule has 0 unspecified atom stereocenters. The van der Waals surface area contributed by atoms with Crippen molar-refractivity contribution in [1.82, 2.24) is 0 Å². The van der Waals surface area contributed by atoms with Crippen LogP contribution in [0.15, 0.2) is 72.8 Å². The lowest BCUT2D eigenvalue weighted by molar-refractivity contribution is -0.131. The number of rotatable bonds is 18. The number of carboxylic acids is 2. The maximum Gasteiger partial charge on any atom is 0.335 e. The fraction of sp³-hybridized carbons (Fsp3) is 0.333. The van der Waals surface area contributed by atoms with E-state index in [0.717, 1.165) is 56.8 Å². The first kappa shape index (κ1) is 32.4. The number of aryl methyl sites for hydroxylation is 1. The van der Waals surface area contributed by atoms with E-state index in [-0.39, 0.29) is 17.1 Å². The van der Waals surface area contributed by atoms with Gasteiger partial charge >= 0.3 is 11.9 Å². The minimum absolute atomic E-state index is 0.0232. The molecule has 0 amide bonds. The van der Waals surface area contributed by atoms with Crippen LogP contribution in [0.25, 0.3) is 6.08 Å². The number of benzene rings is 3. The summed E-state index contributed by atoms with van der Waals surface area (Å²) in [6, 6.07) is 18.9. The van der Waals surface area contributed by atoms with Crippen LogP contribution in [0.5, 0.6) is 11.5 Å². The Morgan fingerprint density at radius 2 is 1.43 bits per heavy atom. The molecule has 0 aliphatic heterocycles. The van der Waals surface area contributed by atoms with E-state index in [9.17, 15) is 18.0 Å². The molecule has 0 aliphatic carbocycles. The summed E-state index contributed by atoms with van der Waals surface area (Å²) in [7, 11) is -1.96.